The van der Waals surface area contributed by atoms with Crippen LogP contribution in [0.1, 0.15) is 0 Å². The van der Waals surface area contributed by atoms with Crippen LogP contribution in [0.4, 0.5) is 0 Å². The number of hydrogen-bond acceptors (Lipinski definition) is 2. The van der Waals surface area contributed by atoms with Crippen molar-refractivity contribution in [2.24, 2.45) is 0 Å². The van der Waals surface area contributed by atoms with Crippen LogP contribution in [0, 0.1) is 0 Å². The van der Waals surface area contributed by atoms with Crippen molar-refractivity contribution in [3.8, 4) is 0 Å². The highest BCUT2D eigenvalue weighted by Crippen LogP contribution is 2.03. The lowest BCUT2D eigenvalue weighted by molar-refractivity contribution is 1.24. The summed E-state index contributed by atoms with van der Waals surface area (Å²) in [6, 6.07) is 3.41. The second-order valence-corrected chi connectivity index (χ2v) is 2.18. The molecule has 0 aliphatic heterocycles. The van der Waals surface area contributed by atoms with Crippen LogP contribution in [0.25, 0.3) is 0 Å². The third kappa shape index (κ3) is 1.32. The average molecular weight is 145 g/mol. The smallest absolute Gasteiger partial charge is 0.128 e. The summed E-state index contributed by atoms with van der Waals surface area (Å²) in [5.41, 5.74) is 0. The van der Waals surface area contributed by atoms with Crippen molar-refractivity contribution in [1.82, 2.24) is 4.98 Å². The first-order chi connectivity index (χ1) is 3.79. The van der Waals surface area contributed by atoms with Crippen molar-refractivity contribution in [1.29, 1.82) is 0 Å². The summed E-state index contributed by atoms with van der Waals surface area (Å²) in [6.07, 6.45) is 1.55. The first kappa shape index (κ1) is 5.79. The molecular formula is C5H3ClNS-. The minimum absolute atomic E-state index is 0.485. The Morgan fingerprint density at radius 3 is 2.62 bits per heavy atom. The average Bonchev–Trinajstić information content (AvgIpc) is 1.77. The minimum Gasteiger partial charge on any atom is -0.778 e. The summed E-state index contributed by atoms with van der Waals surface area (Å²) in [5, 5.41) is 0.485. The fourth-order valence-corrected chi connectivity index (χ4v) is 0.595. The monoisotopic (exact) mass is 144 g/mol. The quantitative estimate of drug-likeness (QED) is 0.406. The van der Waals surface area contributed by atoms with Gasteiger partial charge in [-0.3, -0.25) is 0 Å². The van der Waals surface area contributed by atoms with Crippen molar-refractivity contribution in [2.45, 2.75) is 4.90 Å². The third-order valence-corrected chi connectivity index (χ3v) is 1.17. The molecule has 0 radical (unpaired) electrons. The topological polar surface area (TPSA) is 12.9 Å². The lowest BCUT2D eigenvalue weighted by Gasteiger charge is -1.99. The number of halogens is 1. The molecule has 0 spiro atoms. The lowest BCUT2D eigenvalue weighted by atomic mass is 10.5. The zero-order chi connectivity index (χ0) is 5.98. The molecule has 0 amide bonds. The van der Waals surface area contributed by atoms with E-state index in [1.54, 1.807) is 18.3 Å². The molecule has 1 heterocycles. The van der Waals surface area contributed by atoms with Crippen molar-refractivity contribution < 1.29 is 0 Å². The summed E-state index contributed by atoms with van der Waals surface area (Å²) in [6.45, 7) is 0. The van der Waals surface area contributed by atoms with Crippen LogP contribution in [-0.4, -0.2) is 4.98 Å². The SMILES string of the molecule is [S-]c1ccc(Cl)nc1. The van der Waals surface area contributed by atoms with E-state index >= 15 is 0 Å². The zero-order valence-electron chi connectivity index (χ0n) is 3.97. The van der Waals surface area contributed by atoms with E-state index in [0.717, 1.165) is 4.90 Å². The molecule has 1 nitrogen and oxygen atoms in total. The van der Waals surface area contributed by atoms with Gasteiger partial charge in [0.2, 0.25) is 0 Å². The van der Waals surface area contributed by atoms with E-state index in [1.807, 2.05) is 0 Å². The van der Waals surface area contributed by atoms with Gasteiger partial charge in [0.15, 0.2) is 0 Å². The Balaban J connectivity index is 3.03. The Morgan fingerprint density at radius 2 is 2.25 bits per heavy atom. The van der Waals surface area contributed by atoms with Gasteiger partial charge in [-0.1, -0.05) is 17.7 Å². The number of aromatic nitrogens is 1. The van der Waals surface area contributed by atoms with Gasteiger partial charge in [0.1, 0.15) is 5.15 Å². The van der Waals surface area contributed by atoms with Gasteiger partial charge in [0.05, 0.1) is 0 Å². The minimum atomic E-state index is 0.485. The first-order valence-electron chi connectivity index (χ1n) is 2.07. The highest BCUT2D eigenvalue weighted by Gasteiger charge is 1.78. The normalized spacial score (nSPS) is 9.12. The molecule has 1 aromatic rings. The molecule has 0 saturated carbocycles. The van der Waals surface area contributed by atoms with E-state index < -0.39 is 0 Å². The van der Waals surface area contributed by atoms with Crippen LogP contribution in [0.5, 0.6) is 0 Å². The molecule has 0 bridgehead atoms. The van der Waals surface area contributed by atoms with Crippen LogP contribution in [0.2, 0.25) is 5.15 Å². The van der Waals surface area contributed by atoms with Crippen molar-refractivity contribution in [2.75, 3.05) is 0 Å². The van der Waals surface area contributed by atoms with E-state index in [9.17, 15) is 0 Å². The fraction of sp³-hybridized carbons (Fsp3) is 0. The second-order valence-electron chi connectivity index (χ2n) is 1.32. The molecule has 1 rings (SSSR count). The predicted octanol–water partition coefficient (Wildman–Crippen LogP) is 1.64. The van der Waals surface area contributed by atoms with Crippen LogP contribution >= 0.6 is 11.6 Å². The molecular weight excluding hydrogens is 142 g/mol. The lowest BCUT2D eigenvalue weighted by Crippen LogP contribution is -1.73. The van der Waals surface area contributed by atoms with Crippen LogP contribution in [-0.2, 0) is 12.6 Å². The molecule has 0 aliphatic carbocycles. The van der Waals surface area contributed by atoms with E-state index in [1.165, 1.54) is 0 Å². The third-order valence-electron chi connectivity index (χ3n) is 0.700. The molecule has 0 saturated heterocycles. The first-order valence-corrected chi connectivity index (χ1v) is 2.86. The summed E-state index contributed by atoms with van der Waals surface area (Å²) in [7, 11) is 0. The van der Waals surface area contributed by atoms with Gasteiger partial charge >= 0.3 is 0 Å². The number of pyridine rings is 1. The largest absolute Gasteiger partial charge is 0.778 e. The molecule has 1 aromatic heterocycles. The van der Waals surface area contributed by atoms with Crippen LogP contribution < -0.4 is 0 Å². The zero-order valence-corrected chi connectivity index (χ0v) is 5.54. The highest BCUT2D eigenvalue weighted by molar-refractivity contribution is 7.58. The summed E-state index contributed by atoms with van der Waals surface area (Å²) < 4.78 is 0. The van der Waals surface area contributed by atoms with Crippen molar-refractivity contribution in [3.63, 3.8) is 0 Å². The van der Waals surface area contributed by atoms with Gasteiger partial charge in [-0.2, -0.15) is 4.90 Å². The van der Waals surface area contributed by atoms with E-state index in [2.05, 4.69) is 4.98 Å². The summed E-state index contributed by atoms with van der Waals surface area (Å²) in [5.74, 6) is 0. The molecule has 0 N–H and O–H groups in total. The molecule has 8 heavy (non-hydrogen) atoms. The maximum absolute atomic E-state index is 5.45. The maximum atomic E-state index is 5.45. The van der Waals surface area contributed by atoms with Gasteiger partial charge in [0, 0.05) is 6.20 Å². The molecule has 0 aromatic carbocycles. The van der Waals surface area contributed by atoms with Gasteiger partial charge in [-0.05, 0) is 6.07 Å². The maximum Gasteiger partial charge on any atom is 0.128 e. The molecule has 0 unspecified atom stereocenters. The Bertz CT molecular complexity index is 151. The standard InChI is InChI=1S/C5H4ClNS/c6-5-2-1-4(8)3-7-5/h1-3,8H/p-1. The molecule has 42 valence electrons. The fourth-order valence-electron chi connectivity index (χ4n) is 0.362. The Hall–Kier alpha value is -0.340. The summed E-state index contributed by atoms with van der Waals surface area (Å²) in [4.78, 5) is 4.46. The Kier molecular flexibility index (Phi) is 1.65. The highest BCUT2D eigenvalue weighted by atomic mass is 35.5. The number of nitrogens with zero attached hydrogens (tertiary/aromatic N) is 1. The summed E-state index contributed by atoms with van der Waals surface area (Å²) >= 11 is 10.2. The van der Waals surface area contributed by atoms with Crippen LogP contribution in [0.3, 0.4) is 0 Å². The van der Waals surface area contributed by atoms with Crippen molar-refractivity contribution >= 4 is 24.2 Å². The van der Waals surface area contributed by atoms with Gasteiger partial charge in [-0.15, -0.1) is 0 Å². The number of hydrogen-bond donors (Lipinski definition) is 0. The van der Waals surface area contributed by atoms with Crippen molar-refractivity contribution in [3.05, 3.63) is 23.5 Å². The van der Waals surface area contributed by atoms with E-state index in [-0.39, 0.29) is 0 Å². The van der Waals surface area contributed by atoms with Crippen LogP contribution in [0.15, 0.2) is 23.2 Å². The van der Waals surface area contributed by atoms with Gasteiger partial charge < -0.3 is 12.6 Å². The van der Waals surface area contributed by atoms with Gasteiger partial charge in [0.25, 0.3) is 0 Å². The van der Waals surface area contributed by atoms with E-state index in [4.69, 9.17) is 24.2 Å². The van der Waals surface area contributed by atoms with E-state index in [0.29, 0.717) is 5.15 Å². The Labute approximate surface area is 58.1 Å². The molecule has 0 aliphatic rings. The number of rotatable bonds is 0. The molecule has 0 fully saturated rings. The molecule has 0 atom stereocenters. The Morgan fingerprint density at radius 1 is 1.50 bits per heavy atom. The second kappa shape index (κ2) is 2.29. The van der Waals surface area contributed by atoms with Gasteiger partial charge in [-0.25, -0.2) is 4.98 Å². The predicted molar refractivity (Wildman–Crippen MR) is 34.9 cm³/mol. The molecule has 3 heteroatoms.